The van der Waals surface area contributed by atoms with Crippen molar-refractivity contribution in [3.8, 4) is 16.2 Å². The van der Waals surface area contributed by atoms with Gasteiger partial charge in [0, 0.05) is 0 Å². The summed E-state index contributed by atoms with van der Waals surface area (Å²) in [5.41, 5.74) is 18.0. The lowest BCUT2D eigenvalue weighted by Crippen LogP contribution is -2.04. The summed E-state index contributed by atoms with van der Waals surface area (Å²) >= 11 is 2.32. The Hall–Kier alpha value is -1.86. The third-order valence-corrected chi connectivity index (χ3v) is 4.12. The molecule has 0 aromatic heterocycles. The third kappa shape index (κ3) is 2.52. The van der Waals surface area contributed by atoms with Crippen LogP contribution in [0, 0.1) is 32.0 Å². The molecule has 18 heavy (non-hydrogen) atoms. The molecule has 0 amide bonds. The number of benzene rings is 1. The number of hydrogen-bond acceptors (Lipinski definition) is 9. The molecule has 6 nitrogen and oxygen atoms in total. The molecule has 0 aliphatic heterocycles. The Morgan fingerprint density at radius 3 is 1.00 bits per heavy atom. The fraction of sp³-hybridized carbons (Fsp3) is 0. The molecule has 1 aromatic rings. The van der Waals surface area contributed by atoms with Gasteiger partial charge in [-0.1, -0.05) is 0 Å². The van der Waals surface area contributed by atoms with Crippen molar-refractivity contribution in [1.29, 1.82) is 15.8 Å². The van der Waals surface area contributed by atoms with Gasteiger partial charge in [-0.2, -0.15) is 15.8 Å². The molecular formula is C9H6N6S3. The second-order valence-electron chi connectivity index (χ2n) is 2.81. The number of anilines is 3. The highest BCUT2D eigenvalue weighted by Gasteiger charge is 2.20. The van der Waals surface area contributed by atoms with Crippen LogP contribution in [0.25, 0.3) is 0 Å². The van der Waals surface area contributed by atoms with Gasteiger partial charge in [-0.3, -0.25) is 0 Å². The first-order chi connectivity index (χ1) is 8.58. The van der Waals surface area contributed by atoms with Crippen molar-refractivity contribution in [2.75, 3.05) is 17.2 Å². The molecule has 0 heterocycles. The van der Waals surface area contributed by atoms with E-state index in [9.17, 15) is 0 Å². The lowest BCUT2D eigenvalue weighted by Gasteiger charge is -2.15. The molecule has 0 spiro atoms. The van der Waals surface area contributed by atoms with Crippen molar-refractivity contribution >= 4 is 52.3 Å². The molecule has 0 aliphatic rings. The average Bonchev–Trinajstić information content (AvgIpc) is 2.35. The van der Waals surface area contributed by atoms with Crippen molar-refractivity contribution < 1.29 is 0 Å². The van der Waals surface area contributed by atoms with Crippen LogP contribution in [-0.2, 0) is 0 Å². The van der Waals surface area contributed by atoms with Crippen LogP contribution in [0.2, 0.25) is 0 Å². The Bertz CT molecular complexity index is 500. The predicted molar refractivity (Wildman–Crippen MR) is 74.1 cm³/mol. The van der Waals surface area contributed by atoms with Crippen molar-refractivity contribution in [2.24, 2.45) is 0 Å². The highest BCUT2D eigenvalue weighted by molar-refractivity contribution is 8.05. The number of nitriles is 3. The van der Waals surface area contributed by atoms with Gasteiger partial charge in [-0.05, 0) is 35.3 Å². The van der Waals surface area contributed by atoms with Gasteiger partial charge in [0.05, 0.1) is 31.7 Å². The van der Waals surface area contributed by atoms with E-state index < -0.39 is 0 Å². The van der Waals surface area contributed by atoms with Crippen molar-refractivity contribution in [3.63, 3.8) is 0 Å². The van der Waals surface area contributed by atoms with E-state index in [-0.39, 0.29) is 17.1 Å². The molecule has 9 heteroatoms. The van der Waals surface area contributed by atoms with Crippen LogP contribution >= 0.6 is 35.3 Å². The SMILES string of the molecule is N#CSc1c(N)c(SC#N)c(N)c(SC#N)c1N. The molecule has 0 fully saturated rings. The van der Waals surface area contributed by atoms with Crippen LogP contribution in [0.15, 0.2) is 14.7 Å². The molecule has 0 bridgehead atoms. The zero-order valence-corrected chi connectivity index (χ0v) is 11.2. The summed E-state index contributed by atoms with van der Waals surface area (Å²) in [6.07, 6.45) is 0. The van der Waals surface area contributed by atoms with Gasteiger partial charge in [0.25, 0.3) is 0 Å². The monoisotopic (exact) mass is 294 g/mol. The Morgan fingerprint density at radius 2 is 0.833 bits per heavy atom. The maximum absolute atomic E-state index is 8.71. The number of thiocyanates is 3. The van der Waals surface area contributed by atoms with Crippen molar-refractivity contribution in [1.82, 2.24) is 0 Å². The molecule has 1 rings (SSSR count). The summed E-state index contributed by atoms with van der Waals surface area (Å²) < 4.78 is 0. The number of nitrogen functional groups attached to an aromatic ring is 3. The highest BCUT2D eigenvalue weighted by atomic mass is 32.2. The number of rotatable bonds is 3. The van der Waals surface area contributed by atoms with Crippen LogP contribution < -0.4 is 17.2 Å². The average molecular weight is 294 g/mol. The summed E-state index contributed by atoms with van der Waals surface area (Å²) in [7, 11) is 0. The van der Waals surface area contributed by atoms with E-state index in [1.54, 1.807) is 0 Å². The van der Waals surface area contributed by atoms with Crippen LogP contribution in [0.1, 0.15) is 0 Å². The molecule has 0 radical (unpaired) electrons. The Labute approximate surface area is 116 Å². The second kappa shape index (κ2) is 6.18. The summed E-state index contributed by atoms with van der Waals surface area (Å²) in [6, 6.07) is 0. The largest absolute Gasteiger partial charge is 0.397 e. The minimum atomic E-state index is 0.186. The van der Waals surface area contributed by atoms with E-state index in [2.05, 4.69) is 0 Å². The predicted octanol–water partition coefficient (Wildman–Crippen LogP) is 2.15. The maximum Gasteiger partial charge on any atom is 0.138 e. The van der Waals surface area contributed by atoms with E-state index in [1.165, 1.54) is 0 Å². The fourth-order valence-corrected chi connectivity index (χ4v) is 2.95. The molecule has 90 valence electrons. The van der Waals surface area contributed by atoms with Crippen molar-refractivity contribution in [3.05, 3.63) is 0 Å². The van der Waals surface area contributed by atoms with E-state index in [0.29, 0.717) is 14.7 Å². The summed E-state index contributed by atoms with van der Waals surface area (Å²) in [5.74, 6) is 0. The summed E-state index contributed by atoms with van der Waals surface area (Å²) in [4.78, 5) is 0.964. The lowest BCUT2D eigenvalue weighted by atomic mass is 10.2. The molecule has 0 saturated carbocycles. The minimum absolute atomic E-state index is 0.186. The van der Waals surface area contributed by atoms with Crippen LogP contribution in [0.3, 0.4) is 0 Å². The first kappa shape index (κ1) is 14.2. The van der Waals surface area contributed by atoms with Gasteiger partial charge < -0.3 is 17.2 Å². The minimum Gasteiger partial charge on any atom is -0.397 e. The zero-order valence-electron chi connectivity index (χ0n) is 8.80. The van der Waals surface area contributed by atoms with E-state index in [1.807, 2.05) is 16.2 Å². The Kier molecular flexibility index (Phi) is 4.87. The van der Waals surface area contributed by atoms with Gasteiger partial charge in [-0.25, -0.2) is 0 Å². The molecule has 1 aromatic carbocycles. The summed E-state index contributed by atoms with van der Waals surface area (Å²) in [5, 5.41) is 31.7. The topological polar surface area (TPSA) is 149 Å². The number of hydrogen-bond donors (Lipinski definition) is 3. The van der Waals surface area contributed by atoms with Crippen LogP contribution in [0.4, 0.5) is 17.1 Å². The molecule has 0 unspecified atom stereocenters. The lowest BCUT2D eigenvalue weighted by molar-refractivity contribution is 1.27. The van der Waals surface area contributed by atoms with Gasteiger partial charge in [0.15, 0.2) is 0 Å². The van der Waals surface area contributed by atoms with E-state index in [4.69, 9.17) is 33.0 Å². The highest BCUT2D eigenvalue weighted by Crippen LogP contribution is 2.47. The maximum atomic E-state index is 8.71. The van der Waals surface area contributed by atoms with Crippen LogP contribution in [-0.4, -0.2) is 0 Å². The first-order valence-corrected chi connectivity index (χ1v) is 6.71. The molecule has 0 aliphatic carbocycles. The standard InChI is InChI=1S/C9H6N6S3/c10-1-16-7-4(13)8(17-2-11)6(15)9(5(7)14)18-3-12/h13-15H2. The Balaban J connectivity index is 3.61. The quantitative estimate of drug-likeness (QED) is 0.432. The smallest absolute Gasteiger partial charge is 0.138 e. The first-order valence-electron chi connectivity index (χ1n) is 4.26. The van der Waals surface area contributed by atoms with Gasteiger partial charge in [0.1, 0.15) is 16.2 Å². The van der Waals surface area contributed by atoms with Crippen molar-refractivity contribution in [2.45, 2.75) is 14.7 Å². The fourth-order valence-electron chi connectivity index (χ4n) is 1.21. The van der Waals surface area contributed by atoms with Gasteiger partial charge in [-0.15, -0.1) is 0 Å². The number of thioether (sulfide) groups is 3. The zero-order chi connectivity index (χ0) is 13.7. The second-order valence-corrected chi connectivity index (χ2v) is 5.19. The normalized spacial score (nSPS) is 9.17. The molecule has 6 N–H and O–H groups in total. The van der Waals surface area contributed by atoms with Crippen LogP contribution in [0.5, 0.6) is 0 Å². The number of nitrogens with two attached hydrogens (primary N) is 3. The van der Waals surface area contributed by atoms with Gasteiger partial charge >= 0.3 is 0 Å². The van der Waals surface area contributed by atoms with E-state index in [0.717, 1.165) is 35.3 Å². The molecule has 0 atom stereocenters. The number of nitrogens with zero attached hydrogens (tertiary/aromatic N) is 3. The van der Waals surface area contributed by atoms with Gasteiger partial charge in [0.2, 0.25) is 0 Å². The third-order valence-electron chi connectivity index (χ3n) is 1.91. The molecular weight excluding hydrogens is 288 g/mol. The summed E-state index contributed by atoms with van der Waals surface area (Å²) in [6.45, 7) is 0. The molecule has 0 saturated heterocycles. The van der Waals surface area contributed by atoms with E-state index >= 15 is 0 Å². The Morgan fingerprint density at radius 1 is 0.611 bits per heavy atom.